The molecule has 4 aromatic rings. The number of benzene rings is 1. The molecule has 1 saturated heterocycles. The fraction of sp³-hybridized carbons (Fsp3) is 0.682. The molecule has 2 fully saturated rings. The van der Waals surface area contributed by atoms with E-state index < -0.39 is 5.97 Å². The zero-order chi connectivity index (χ0) is 57.9. The SMILES string of the molecule is COc1ccc(C(=O)N(CC(C)(C)CCCCCCn2cc(CCCCCCCCCCCCCCCCCC(=O)NCC[N+](C)(C)C)nn2)c2cccc(C)n2)c(N2CCC(COc3cc([C@@H](CC(=O)O)C4CC4)ccn3)CC2)c1. The fourth-order valence-electron chi connectivity index (χ4n) is 11.5. The lowest BCUT2D eigenvalue weighted by Crippen LogP contribution is -2.41. The number of carboxylic acids is 1. The summed E-state index contributed by atoms with van der Waals surface area (Å²) in [4.78, 5) is 52.2. The smallest absolute Gasteiger partial charge is 0.303 e. The second kappa shape index (κ2) is 34.1. The summed E-state index contributed by atoms with van der Waals surface area (Å²) in [7, 11) is 8.12. The van der Waals surface area contributed by atoms with Gasteiger partial charge in [-0.3, -0.25) is 24.0 Å². The molecule has 0 spiro atoms. The van der Waals surface area contributed by atoms with E-state index in [0.29, 0.717) is 54.4 Å². The number of piperidine rings is 1. The van der Waals surface area contributed by atoms with E-state index in [2.05, 4.69) is 66.7 Å². The van der Waals surface area contributed by atoms with E-state index in [9.17, 15) is 14.7 Å². The van der Waals surface area contributed by atoms with Crippen molar-refractivity contribution in [3.63, 3.8) is 0 Å². The highest BCUT2D eigenvalue weighted by molar-refractivity contribution is 6.09. The second-order valence-corrected chi connectivity index (χ2v) is 25.6. The lowest BCUT2D eigenvalue weighted by Gasteiger charge is -2.36. The number of carboxylic acid groups (broad SMARTS) is 1. The number of pyridine rings is 2. The number of hydrogen-bond acceptors (Lipinski definition) is 10. The van der Waals surface area contributed by atoms with Gasteiger partial charge in [0.15, 0.2) is 0 Å². The highest BCUT2D eigenvalue weighted by Crippen LogP contribution is 2.45. The Balaban J connectivity index is 0.841. The Morgan fingerprint density at radius 1 is 0.815 bits per heavy atom. The maximum absolute atomic E-state index is 15.0. The average molecular weight is 1120 g/mol. The van der Waals surface area contributed by atoms with Crippen LogP contribution in [-0.4, -0.2) is 120 Å². The van der Waals surface area contributed by atoms with Crippen LogP contribution in [0, 0.1) is 24.2 Å². The maximum atomic E-state index is 15.0. The van der Waals surface area contributed by atoms with Gasteiger partial charge in [0.1, 0.15) is 11.6 Å². The number of anilines is 2. The summed E-state index contributed by atoms with van der Waals surface area (Å²) < 4.78 is 14.9. The van der Waals surface area contributed by atoms with E-state index in [0.717, 1.165) is 130 Å². The first-order valence-corrected chi connectivity index (χ1v) is 31.5. The first-order valence-electron chi connectivity index (χ1n) is 31.5. The Morgan fingerprint density at radius 3 is 2.11 bits per heavy atom. The number of aryl methyl sites for hydroxylation is 3. The Labute approximate surface area is 487 Å². The van der Waals surface area contributed by atoms with Gasteiger partial charge in [-0.1, -0.05) is 128 Å². The van der Waals surface area contributed by atoms with Crippen LogP contribution in [0.2, 0.25) is 0 Å². The molecule has 15 nitrogen and oxygen atoms in total. The quantitative estimate of drug-likeness (QED) is 0.0321. The third-order valence-corrected chi connectivity index (χ3v) is 16.6. The molecule has 1 aromatic carbocycles. The van der Waals surface area contributed by atoms with Crippen molar-refractivity contribution < 1.29 is 33.4 Å². The van der Waals surface area contributed by atoms with Crippen molar-refractivity contribution in [2.24, 2.45) is 17.3 Å². The molecule has 15 heteroatoms. The number of unbranched alkanes of at least 4 members (excludes halogenated alkanes) is 17. The predicted octanol–water partition coefficient (Wildman–Crippen LogP) is 13.6. The number of amides is 2. The third kappa shape index (κ3) is 24.4. The van der Waals surface area contributed by atoms with Crippen LogP contribution in [0.25, 0.3) is 0 Å². The Bertz CT molecular complexity index is 2480. The minimum Gasteiger partial charge on any atom is -0.497 e. The molecule has 81 heavy (non-hydrogen) atoms. The molecule has 3 aromatic heterocycles. The van der Waals surface area contributed by atoms with Gasteiger partial charge in [-0.2, -0.15) is 0 Å². The number of methoxy groups -OCH3 is 1. The number of nitrogens with zero attached hydrogens (tertiary/aromatic N) is 8. The highest BCUT2D eigenvalue weighted by atomic mass is 16.5. The summed E-state index contributed by atoms with van der Waals surface area (Å²) in [6.45, 7) is 11.7. The van der Waals surface area contributed by atoms with Gasteiger partial charge in [0.05, 0.1) is 71.3 Å². The topological polar surface area (TPSA) is 165 Å². The minimum atomic E-state index is -0.773. The number of carbonyl (C=O) groups is 3. The minimum absolute atomic E-state index is 0.00533. The molecule has 0 bridgehead atoms. The van der Waals surface area contributed by atoms with Gasteiger partial charge in [0.2, 0.25) is 11.8 Å². The standard InChI is InChI=1S/C66H103N9O6/c1-52-28-27-30-61(69-52)74(65(79)58-35-34-57(80-7)47-60(58)72-43-37-53(38-44-72)50-81-63-46-55(36-40-68-63)59(48-64(77)78)54-32-33-54)51-66(2,3)39-25-21-22-26-42-73-49-56(70-71-73)29-23-19-17-15-13-11-9-8-10-12-14-16-18-20-24-31-62(76)67-41-45-75(4,5)6/h27-28,30,34-36,40,46-47,49,53-54,59H,8-26,29,31-33,37-39,41-45,48,50-51H2,1-7H3,(H-,67,76,77,78)/p+1/t59-/m0/s1. The predicted molar refractivity (Wildman–Crippen MR) is 326 cm³/mol. The van der Waals surface area contributed by atoms with Crippen molar-refractivity contribution in [3.8, 4) is 11.6 Å². The van der Waals surface area contributed by atoms with Gasteiger partial charge in [-0.15, -0.1) is 5.10 Å². The number of carbonyl (C=O) groups excluding carboxylic acids is 2. The van der Waals surface area contributed by atoms with E-state index in [1.165, 1.54) is 89.9 Å². The molecular weight excluding hydrogens is 1010 g/mol. The monoisotopic (exact) mass is 1120 g/mol. The number of rotatable bonds is 41. The normalized spacial score (nSPS) is 14.5. The number of hydrogen-bond donors (Lipinski definition) is 2. The van der Waals surface area contributed by atoms with Crippen LogP contribution in [-0.2, 0) is 22.6 Å². The van der Waals surface area contributed by atoms with E-state index >= 15 is 4.79 Å². The van der Waals surface area contributed by atoms with E-state index in [1.54, 1.807) is 13.3 Å². The number of aliphatic carboxylic acids is 1. The van der Waals surface area contributed by atoms with Crippen LogP contribution < -0.4 is 24.6 Å². The van der Waals surface area contributed by atoms with Crippen molar-refractivity contribution >= 4 is 29.3 Å². The molecule has 2 amide bonds. The molecule has 6 rings (SSSR count). The van der Waals surface area contributed by atoms with Crippen molar-refractivity contribution in [2.45, 2.75) is 207 Å². The van der Waals surface area contributed by atoms with Crippen LogP contribution in [0.4, 0.5) is 11.5 Å². The molecule has 1 aliphatic heterocycles. The van der Waals surface area contributed by atoms with Gasteiger partial charge in [0, 0.05) is 62.8 Å². The summed E-state index contributed by atoms with van der Waals surface area (Å²) >= 11 is 0. The molecule has 1 atom stereocenters. The van der Waals surface area contributed by atoms with E-state index in [-0.39, 0.29) is 29.6 Å². The van der Waals surface area contributed by atoms with Gasteiger partial charge in [-0.25, -0.2) is 9.97 Å². The summed E-state index contributed by atoms with van der Waals surface area (Å²) in [6.07, 6.45) is 34.2. The summed E-state index contributed by atoms with van der Waals surface area (Å²) in [5.41, 5.74) is 4.31. The van der Waals surface area contributed by atoms with E-state index in [4.69, 9.17) is 14.5 Å². The lowest BCUT2D eigenvalue weighted by atomic mass is 9.86. The van der Waals surface area contributed by atoms with Crippen LogP contribution >= 0.6 is 0 Å². The zero-order valence-electron chi connectivity index (χ0n) is 51.1. The second-order valence-electron chi connectivity index (χ2n) is 25.6. The molecule has 448 valence electrons. The summed E-state index contributed by atoms with van der Waals surface area (Å²) in [5.74, 6) is 2.01. The first kappa shape index (κ1) is 64.6. The molecule has 1 aliphatic carbocycles. The number of aromatic nitrogens is 5. The van der Waals surface area contributed by atoms with E-state index in [1.807, 2.05) is 65.0 Å². The number of quaternary nitrogens is 1. The fourth-order valence-corrected chi connectivity index (χ4v) is 11.5. The van der Waals surface area contributed by atoms with Crippen LogP contribution in [0.5, 0.6) is 11.6 Å². The lowest BCUT2D eigenvalue weighted by molar-refractivity contribution is -0.869. The first-order chi connectivity index (χ1) is 39.1. The molecule has 1 saturated carbocycles. The number of nitrogens with one attached hydrogen (secondary N) is 1. The Kier molecular flexibility index (Phi) is 27.2. The average Bonchev–Trinajstić information content (AvgIpc) is 4.32. The highest BCUT2D eigenvalue weighted by Gasteiger charge is 2.35. The van der Waals surface area contributed by atoms with Crippen LogP contribution in [0.1, 0.15) is 214 Å². The summed E-state index contributed by atoms with van der Waals surface area (Å²) in [6, 6.07) is 15.6. The van der Waals surface area contributed by atoms with Gasteiger partial charge in [0.25, 0.3) is 5.91 Å². The van der Waals surface area contributed by atoms with Crippen molar-refractivity contribution in [1.82, 2.24) is 30.3 Å². The third-order valence-electron chi connectivity index (χ3n) is 16.6. The zero-order valence-corrected chi connectivity index (χ0v) is 51.1. The number of likely N-dealkylation sites (N-methyl/N-ethyl adjacent to an activating group) is 1. The molecule has 2 aliphatic rings. The molecule has 4 heterocycles. The molecule has 0 unspecified atom stereocenters. The maximum Gasteiger partial charge on any atom is 0.303 e. The van der Waals surface area contributed by atoms with Crippen molar-refractivity contribution in [3.05, 3.63) is 83.4 Å². The van der Waals surface area contributed by atoms with Gasteiger partial charge < -0.3 is 29.3 Å². The molecule has 2 N–H and O–H groups in total. The Morgan fingerprint density at radius 2 is 1.47 bits per heavy atom. The van der Waals surface area contributed by atoms with Crippen LogP contribution in [0.3, 0.4) is 0 Å². The van der Waals surface area contributed by atoms with Gasteiger partial charge in [-0.05, 0) is 124 Å². The largest absolute Gasteiger partial charge is 0.497 e. The Hall–Kier alpha value is -5.57. The van der Waals surface area contributed by atoms with Gasteiger partial charge >= 0.3 is 5.97 Å². The summed E-state index contributed by atoms with van der Waals surface area (Å²) in [5, 5.41) is 21.6. The number of ether oxygens (including phenoxy) is 2. The van der Waals surface area contributed by atoms with Crippen molar-refractivity contribution in [1.29, 1.82) is 0 Å². The molecular formula is C66H104N9O6+. The molecule has 0 radical (unpaired) electrons. The van der Waals surface area contributed by atoms with Crippen molar-refractivity contribution in [2.75, 3.05) is 77.4 Å². The van der Waals surface area contributed by atoms with Crippen LogP contribution in [0.15, 0.2) is 60.9 Å².